The lowest BCUT2D eigenvalue weighted by Gasteiger charge is -2.28. The van der Waals surface area contributed by atoms with Crippen LogP contribution in [-0.2, 0) is 11.2 Å². The van der Waals surface area contributed by atoms with Gasteiger partial charge in [-0.2, -0.15) is 0 Å². The second kappa shape index (κ2) is 7.22. The van der Waals surface area contributed by atoms with Crippen LogP contribution in [-0.4, -0.2) is 29.2 Å². The molecule has 0 radical (unpaired) electrons. The number of amides is 2. The minimum absolute atomic E-state index is 0.128. The van der Waals surface area contributed by atoms with Gasteiger partial charge in [0.25, 0.3) is 11.8 Å². The van der Waals surface area contributed by atoms with E-state index in [4.69, 9.17) is 0 Å². The van der Waals surface area contributed by atoms with Crippen molar-refractivity contribution in [3.8, 4) is 0 Å². The maximum Gasteiger partial charge on any atom is 0.272 e. The molecule has 1 N–H and O–H groups in total. The van der Waals surface area contributed by atoms with Gasteiger partial charge in [-0.05, 0) is 42.7 Å². The molecule has 0 saturated heterocycles. The molecule has 2 unspecified atom stereocenters. The summed E-state index contributed by atoms with van der Waals surface area (Å²) < 4.78 is 0. The van der Waals surface area contributed by atoms with Crippen molar-refractivity contribution in [1.82, 2.24) is 10.3 Å². The van der Waals surface area contributed by atoms with E-state index in [1.165, 1.54) is 0 Å². The molecule has 30 heavy (non-hydrogen) atoms. The third kappa shape index (κ3) is 3.06. The summed E-state index contributed by atoms with van der Waals surface area (Å²) in [5.74, 6) is -0.588. The van der Waals surface area contributed by atoms with E-state index in [9.17, 15) is 9.59 Å². The van der Waals surface area contributed by atoms with E-state index in [2.05, 4.69) is 21.4 Å². The van der Waals surface area contributed by atoms with Crippen LogP contribution in [0.4, 0.5) is 5.69 Å². The van der Waals surface area contributed by atoms with Crippen LogP contribution >= 0.6 is 0 Å². The Balaban J connectivity index is 1.55. The van der Waals surface area contributed by atoms with E-state index in [1.807, 2.05) is 48.2 Å². The Labute approximate surface area is 174 Å². The molecule has 2 atom stereocenters. The Morgan fingerprint density at radius 3 is 2.63 bits per heavy atom. The largest absolute Gasteiger partial charge is 0.322 e. The molecule has 0 aliphatic carbocycles. The first-order valence-electron chi connectivity index (χ1n) is 9.87. The SMILES string of the molecule is Cc1cc2c3c(c1)CC(c1ccccc1)N3C(=O)C(NC(=O)c1ccncc1)N=C2. The summed E-state index contributed by atoms with van der Waals surface area (Å²) in [6, 6.07) is 17.2. The third-order valence-electron chi connectivity index (χ3n) is 5.56. The van der Waals surface area contributed by atoms with Crippen LogP contribution in [0, 0.1) is 6.92 Å². The fourth-order valence-electron chi connectivity index (χ4n) is 4.25. The van der Waals surface area contributed by atoms with Gasteiger partial charge < -0.3 is 10.2 Å². The highest BCUT2D eigenvalue weighted by Crippen LogP contribution is 2.44. The van der Waals surface area contributed by atoms with Gasteiger partial charge in [-0.3, -0.25) is 19.6 Å². The standard InChI is InChI=1S/C24H20N4O2/c1-15-11-18-13-20(16-5-3-2-4-6-16)28-21(18)19(12-15)14-26-22(24(28)30)27-23(29)17-7-9-25-10-8-17/h2-12,14,20,22H,13H2,1H3,(H,27,29). The lowest BCUT2D eigenvalue weighted by molar-refractivity contribution is -0.120. The molecule has 2 amide bonds. The average molecular weight is 396 g/mol. The van der Waals surface area contributed by atoms with Crippen molar-refractivity contribution >= 4 is 23.7 Å². The van der Waals surface area contributed by atoms with Gasteiger partial charge in [0.1, 0.15) is 0 Å². The molecule has 3 aromatic rings. The van der Waals surface area contributed by atoms with Crippen molar-refractivity contribution in [3.05, 3.63) is 94.8 Å². The number of aryl methyl sites for hydroxylation is 1. The monoisotopic (exact) mass is 396 g/mol. The van der Waals surface area contributed by atoms with Crippen LogP contribution in [0.25, 0.3) is 0 Å². The first-order chi connectivity index (χ1) is 14.6. The number of rotatable bonds is 3. The van der Waals surface area contributed by atoms with Gasteiger partial charge in [-0.15, -0.1) is 0 Å². The number of pyridine rings is 1. The number of hydrogen-bond acceptors (Lipinski definition) is 4. The van der Waals surface area contributed by atoms with E-state index < -0.39 is 6.17 Å². The number of nitrogens with one attached hydrogen (secondary N) is 1. The van der Waals surface area contributed by atoms with Crippen molar-refractivity contribution in [2.45, 2.75) is 25.6 Å². The molecule has 2 aliphatic rings. The number of carbonyl (C=O) groups excluding carboxylic acids is 2. The summed E-state index contributed by atoms with van der Waals surface area (Å²) in [6.45, 7) is 2.04. The van der Waals surface area contributed by atoms with E-state index in [-0.39, 0.29) is 17.9 Å². The highest BCUT2D eigenvalue weighted by atomic mass is 16.2. The summed E-state index contributed by atoms with van der Waals surface area (Å²) in [5.41, 5.74) is 5.54. The molecule has 5 rings (SSSR count). The molecule has 148 valence electrons. The van der Waals surface area contributed by atoms with Crippen LogP contribution < -0.4 is 10.2 Å². The number of hydrogen-bond donors (Lipinski definition) is 1. The van der Waals surface area contributed by atoms with Crippen molar-refractivity contribution < 1.29 is 9.59 Å². The molecule has 6 heteroatoms. The molecule has 0 spiro atoms. The average Bonchev–Trinajstić information content (AvgIpc) is 3.10. The van der Waals surface area contributed by atoms with Crippen LogP contribution in [0.3, 0.4) is 0 Å². The van der Waals surface area contributed by atoms with Gasteiger partial charge in [-0.1, -0.05) is 42.0 Å². The second-order valence-electron chi connectivity index (χ2n) is 7.59. The van der Waals surface area contributed by atoms with Gasteiger partial charge in [-0.25, -0.2) is 0 Å². The Kier molecular flexibility index (Phi) is 4.39. The zero-order valence-corrected chi connectivity index (χ0v) is 16.4. The van der Waals surface area contributed by atoms with Crippen molar-refractivity contribution in [1.29, 1.82) is 0 Å². The fourth-order valence-corrected chi connectivity index (χ4v) is 4.25. The molecule has 0 saturated carbocycles. The van der Waals surface area contributed by atoms with Crippen LogP contribution in [0.1, 0.15) is 38.7 Å². The lowest BCUT2D eigenvalue weighted by atomic mass is 10.0. The first kappa shape index (κ1) is 18.2. The minimum Gasteiger partial charge on any atom is -0.322 e. The van der Waals surface area contributed by atoms with E-state index in [0.29, 0.717) is 5.56 Å². The van der Waals surface area contributed by atoms with Crippen molar-refractivity contribution in [2.75, 3.05) is 4.90 Å². The predicted octanol–water partition coefficient (Wildman–Crippen LogP) is 3.21. The van der Waals surface area contributed by atoms with Gasteiger partial charge in [0.2, 0.25) is 6.17 Å². The van der Waals surface area contributed by atoms with Gasteiger partial charge in [0.15, 0.2) is 0 Å². The zero-order chi connectivity index (χ0) is 20.7. The first-order valence-corrected chi connectivity index (χ1v) is 9.87. The maximum atomic E-state index is 13.6. The molecular weight excluding hydrogens is 376 g/mol. The van der Waals surface area contributed by atoms with E-state index in [0.717, 1.165) is 34.4 Å². The summed E-state index contributed by atoms with van der Waals surface area (Å²) in [4.78, 5) is 36.4. The molecular formula is C24H20N4O2. The predicted molar refractivity (Wildman–Crippen MR) is 115 cm³/mol. The molecule has 2 aliphatic heterocycles. The van der Waals surface area contributed by atoms with Crippen LogP contribution in [0.5, 0.6) is 0 Å². The number of nitrogens with zero attached hydrogens (tertiary/aromatic N) is 3. The highest BCUT2D eigenvalue weighted by molar-refractivity contribution is 6.09. The third-order valence-corrected chi connectivity index (χ3v) is 5.56. The second-order valence-corrected chi connectivity index (χ2v) is 7.59. The molecule has 1 aromatic heterocycles. The number of aromatic nitrogens is 1. The number of benzene rings is 2. The summed E-state index contributed by atoms with van der Waals surface area (Å²) in [7, 11) is 0. The molecule has 3 heterocycles. The Hall–Kier alpha value is -3.80. The molecule has 6 nitrogen and oxygen atoms in total. The Morgan fingerprint density at radius 1 is 1.10 bits per heavy atom. The number of aliphatic imine (C=N–C) groups is 1. The molecule has 2 aromatic carbocycles. The minimum atomic E-state index is -0.990. The van der Waals surface area contributed by atoms with Gasteiger partial charge in [0.05, 0.1) is 11.7 Å². The topological polar surface area (TPSA) is 74.7 Å². The quantitative estimate of drug-likeness (QED) is 0.739. The van der Waals surface area contributed by atoms with Gasteiger partial charge in [0, 0.05) is 29.7 Å². The van der Waals surface area contributed by atoms with E-state index >= 15 is 0 Å². The van der Waals surface area contributed by atoms with Crippen LogP contribution in [0.15, 0.2) is 72.0 Å². The van der Waals surface area contributed by atoms with Crippen LogP contribution in [0.2, 0.25) is 0 Å². The number of carbonyl (C=O) groups is 2. The summed E-state index contributed by atoms with van der Waals surface area (Å²) >= 11 is 0. The summed E-state index contributed by atoms with van der Waals surface area (Å²) in [6.07, 6.45) is 4.54. The number of anilines is 1. The summed E-state index contributed by atoms with van der Waals surface area (Å²) in [5, 5.41) is 2.78. The van der Waals surface area contributed by atoms with E-state index in [1.54, 1.807) is 30.7 Å². The zero-order valence-electron chi connectivity index (χ0n) is 16.4. The lowest BCUT2D eigenvalue weighted by Crippen LogP contribution is -2.47. The highest BCUT2D eigenvalue weighted by Gasteiger charge is 2.41. The maximum absolute atomic E-state index is 13.6. The Morgan fingerprint density at radius 2 is 1.87 bits per heavy atom. The fraction of sp³-hybridized carbons (Fsp3) is 0.167. The van der Waals surface area contributed by atoms with Crippen molar-refractivity contribution in [2.24, 2.45) is 4.99 Å². The smallest absolute Gasteiger partial charge is 0.272 e. The Bertz CT molecular complexity index is 1160. The van der Waals surface area contributed by atoms with Gasteiger partial charge >= 0.3 is 0 Å². The molecule has 0 fully saturated rings. The normalized spacial score (nSPS) is 19.4. The molecule has 0 bridgehead atoms. The van der Waals surface area contributed by atoms with Crippen molar-refractivity contribution in [3.63, 3.8) is 0 Å².